The monoisotopic (exact) mass is 330 g/mol. The topological polar surface area (TPSA) is 84.8 Å². The maximum absolute atomic E-state index is 12.3. The van der Waals surface area contributed by atoms with Gasteiger partial charge in [0.1, 0.15) is 5.75 Å². The summed E-state index contributed by atoms with van der Waals surface area (Å²) in [5.74, 6) is 0.571. The number of nitrogens with one attached hydrogen (secondary N) is 1. The van der Waals surface area contributed by atoms with Crippen LogP contribution in [0.25, 0.3) is 0 Å². The van der Waals surface area contributed by atoms with E-state index in [9.17, 15) is 13.2 Å². The summed E-state index contributed by atoms with van der Waals surface area (Å²) in [6.45, 7) is 1.80. The molecule has 0 aliphatic carbocycles. The van der Waals surface area contributed by atoms with E-state index in [1.165, 1.54) is 25.3 Å². The summed E-state index contributed by atoms with van der Waals surface area (Å²) in [4.78, 5) is 11.3. The highest BCUT2D eigenvalue weighted by molar-refractivity contribution is 7.90. The van der Waals surface area contributed by atoms with Gasteiger partial charge in [-0.2, -0.15) is 12.8 Å². The first-order valence-corrected chi connectivity index (χ1v) is 8.32. The lowest BCUT2D eigenvalue weighted by Crippen LogP contribution is -1.99. The quantitative estimate of drug-likeness (QED) is 0.687. The SMILES string of the molecule is CC(=O)c1ccc(C=NS(=O)(=O)c2ccc3c(c2)NCO3)cc1. The van der Waals surface area contributed by atoms with Gasteiger partial charge >= 0.3 is 0 Å². The van der Waals surface area contributed by atoms with Gasteiger partial charge in [0.2, 0.25) is 0 Å². The van der Waals surface area contributed by atoms with E-state index in [4.69, 9.17) is 4.74 Å². The predicted octanol–water partition coefficient (Wildman–Crippen LogP) is 2.46. The molecule has 1 N–H and O–H groups in total. The normalized spacial score (nSPS) is 13.4. The Morgan fingerprint density at radius 1 is 1.22 bits per heavy atom. The zero-order valence-corrected chi connectivity index (χ0v) is 13.1. The van der Waals surface area contributed by atoms with E-state index in [0.29, 0.717) is 29.3 Å². The molecule has 118 valence electrons. The standard InChI is InChI=1S/C16H14N2O4S/c1-11(19)13-4-2-12(3-5-13)9-18-23(20,21)14-6-7-16-15(8-14)17-10-22-16/h2-9,17H,10H2,1H3. The molecule has 23 heavy (non-hydrogen) atoms. The molecule has 0 amide bonds. The van der Waals surface area contributed by atoms with Crippen LogP contribution in [0, 0.1) is 0 Å². The molecule has 6 nitrogen and oxygen atoms in total. The van der Waals surface area contributed by atoms with Crippen LogP contribution in [0.5, 0.6) is 5.75 Å². The van der Waals surface area contributed by atoms with Crippen molar-refractivity contribution in [3.63, 3.8) is 0 Å². The molecule has 2 aromatic rings. The van der Waals surface area contributed by atoms with Gasteiger partial charge in [0.05, 0.1) is 10.6 Å². The highest BCUT2D eigenvalue weighted by atomic mass is 32.2. The van der Waals surface area contributed by atoms with Gasteiger partial charge in [-0.05, 0) is 30.7 Å². The maximum Gasteiger partial charge on any atom is 0.282 e. The Kier molecular flexibility index (Phi) is 3.87. The Hall–Kier alpha value is -2.67. The minimum Gasteiger partial charge on any atom is -0.471 e. The van der Waals surface area contributed by atoms with Crippen molar-refractivity contribution in [2.45, 2.75) is 11.8 Å². The minimum absolute atomic E-state index is 0.0472. The fraction of sp³-hybridized carbons (Fsp3) is 0.125. The summed E-state index contributed by atoms with van der Waals surface area (Å²) in [6.07, 6.45) is 1.26. The van der Waals surface area contributed by atoms with Crippen LogP contribution in [-0.4, -0.2) is 27.1 Å². The van der Waals surface area contributed by atoms with Crippen LogP contribution in [0.3, 0.4) is 0 Å². The highest BCUT2D eigenvalue weighted by Gasteiger charge is 2.17. The Morgan fingerprint density at radius 2 is 1.96 bits per heavy atom. The van der Waals surface area contributed by atoms with Crippen LogP contribution in [-0.2, 0) is 10.0 Å². The number of carbonyl (C=O) groups is 1. The van der Waals surface area contributed by atoms with E-state index in [1.54, 1.807) is 30.3 Å². The van der Waals surface area contributed by atoms with Crippen LogP contribution in [0.4, 0.5) is 5.69 Å². The van der Waals surface area contributed by atoms with Crippen molar-refractivity contribution >= 4 is 27.7 Å². The molecule has 3 rings (SSSR count). The smallest absolute Gasteiger partial charge is 0.282 e. The van der Waals surface area contributed by atoms with Crippen molar-refractivity contribution in [3.8, 4) is 5.75 Å². The zero-order valence-electron chi connectivity index (χ0n) is 12.3. The molecule has 1 aliphatic heterocycles. The fourth-order valence-corrected chi connectivity index (χ4v) is 3.01. The Labute approximate surface area is 133 Å². The van der Waals surface area contributed by atoms with Gasteiger partial charge in [-0.3, -0.25) is 4.79 Å². The zero-order chi connectivity index (χ0) is 16.4. The first-order chi connectivity index (χ1) is 11.0. The van der Waals surface area contributed by atoms with Crippen molar-refractivity contribution in [2.75, 3.05) is 12.0 Å². The second-order valence-corrected chi connectivity index (χ2v) is 6.64. The predicted molar refractivity (Wildman–Crippen MR) is 86.8 cm³/mol. The van der Waals surface area contributed by atoms with E-state index >= 15 is 0 Å². The Morgan fingerprint density at radius 3 is 2.65 bits per heavy atom. The van der Waals surface area contributed by atoms with Gasteiger partial charge in [0, 0.05) is 11.8 Å². The van der Waals surface area contributed by atoms with Gasteiger partial charge in [-0.1, -0.05) is 24.3 Å². The molecule has 0 bridgehead atoms. The summed E-state index contributed by atoms with van der Waals surface area (Å²) >= 11 is 0. The molecule has 0 unspecified atom stereocenters. The van der Waals surface area contributed by atoms with E-state index < -0.39 is 10.0 Å². The number of hydrogen-bond donors (Lipinski definition) is 1. The molecule has 0 radical (unpaired) electrons. The van der Waals surface area contributed by atoms with Gasteiger partial charge in [0.15, 0.2) is 12.5 Å². The number of nitrogens with zero attached hydrogens (tertiary/aromatic N) is 1. The summed E-state index contributed by atoms with van der Waals surface area (Å²) < 4.78 is 33.5. The number of ether oxygens (including phenoxy) is 1. The first kappa shape index (κ1) is 15.2. The number of Topliss-reactive ketones (excluding diaryl/α,β-unsaturated/α-hetero) is 1. The summed E-state index contributed by atoms with van der Waals surface area (Å²) in [7, 11) is -3.80. The van der Waals surface area contributed by atoms with Crippen molar-refractivity contribution < 1.29 is 17.9 Å². The minimum atomic E-state index is -3.80. The molecule has 7 heteroatoms. The third-order valence-corrected chi connectivity index (χ3v) is 4.63. The van der Waals surface area contributed by atoms with Crippen molar-refractivity contribution in [1.82, 2.24) is 0 Å². The van der Waals surface area contributed by atoms with E-state index in [0.717, 1.165) is 0 Å². The molecule has 1 aliphatic rings. The Bertz CT molecular complexity index is 887. The van der Waals surface area contributed by atoms with E-state index in [-0.39, 0.29) is 10.7 Å². The second-order valence-electron chi connectivity index (χ2n) is 5.01. The van der Waals surface area contributed by atoms with Crippen molar-refractivity contribution in [2.24, 2.45) is 4.40 Å². The number of hydrogen-bond acceptors (Lipinski definition) is 5. The average Bonchev–Trinajstić information content (AvgIpc) is 3.01. The number of benzene rings is 2. The molecule has 0 saturated heterocycles. The average molecular weight is 330 g/mol. The highest BCUT2D eigenvalue weighted by Crippen LogP contribution is 2.31. The number of anilines is 1. The summed E-state index contributed by atoms with van der Waals surface area (Å²) in [5, 5.41) is 2.93. The number of carbonyl (C=O) groups excluding carboxylic acids is 1. The largest absolute Gasteiger partial charge is 0.471 e. The van der Waals surface area contributed by atoms with Crippen LogP contribution < -0.4 is 10.1 Å². The molecule has 0 fully saturated rings. The van der Waals surface area contributed by atoms with Crippen LogP contribution in [0.2, 0.25) is 0 Å². The molecular weight excluding hydrogens is 316 g/mol. The number of sulfonamides is 1. The van der Waals surface area contributed by atoms with Gasteiger partial charge < -0.3 is 10.1 Å². The number of fused-ring (bicyclic) bond motifs is 1. The third-order valence-electron chi connectivity index (χ3n) is 3.40. The maximum atomic E-state index is 12.3. The van der Waals surface area contributed by atoms with Crippen molar-refractivity contribution in [3.05, 3.63) is 53.6 Å². The summed E-state index contributed by atoms with van der Waals surface area (Å²) in [6, 6.07) is 11.1. The first-order valence-electron chi connectivity index (χ1n) is 6.88. The molecule has 2 aromatic carbocycles. The van der Waals surface area contributed by atoms with Gasteiger partial charge in [-0.15, -0.1) is 0 Å². The second kappa shape index (κ2) is 5.85. The lowest BCUT2D eigenvalue weighted by molar-refractivity contribution is 0.101. The number of rotatable bonds is 4. The van der Waals surface area contributed by atoms with E-state index in [2.05, 4.69) is 9.71 Å². The van der Waals surface area contributed by atoms with Crippen LogP contribution in [0.1, 0.15) is 22.8 Å². The number of ketones is 1. The summed E-state index contributed by atoms with van der Waals surface area (Å²) in [5.41, 5.74) is 1.79. The van der Waals surface area contributed by atoms with Crippen LogP contribution in [0.15, 0.2) is 51.8 Å². The Balaban J connectivity index is 1.84. The molecule has 0 aromatic heterocycles. The molecular formula is C16H14N2O4S. The van der Waals surface area contributed by atoms with Crippen LogP contribution >= 0.6 is 0 Å². The molecule has 0 atom stereocenters. The van der Waals surface area contributed by atoms with E-state index in [1.807, 2.05) is 0 Å². The van der Waals surface area contributed by atoms with Crippen molar-refractivity contribution in [1.29, 1.82) is 0 Å². The third kappa shape index (κ3) is 3.24. The fourth-order valence-electron chi connectivity index (χ4n) is 2.12. The lowest BCUT2D eigenvalue weighted by Gasteiger charge is -2.02. The lowest BCUT2D eigenvalue weighted by atomic mass is 10.1. The van der Waals surface area contributed by atoms with Gasteiger partial charge in [0.25, 0.3) is 10.0 Å². The molecule has 1 heterocycles. The molecule has 0 saturated carbocycles. The molecule has 0 spiro atoms. The van der Waals surface area contributed by atoms with Gasteiger partial charge in [-0.25, -0.2) is 0 Å².